The molecule has 1 fully saturated rings. The van der Waals surface area contributed by atoms with E-state index in [1.165, 1.54) is 32.0 Å². The summed E-state index contributed by atoms with van der Waals surface area (Å²) < 4.78 is 27.8. The number of unbranched alkanes of at least 4 members (excludes halogenated alkanes) is 9. The molecule has 1 N–H and O–H groups in total. The molecule has 0 aromatic carbocycles. The number of esters is 1. The third-order valence-electron chi connectivity index (χ3n) is 7.59. The van der Waals surface area contributed by atoms with Crippen molar-refractivity contribution in [2.24, 2.45) is 5.92 Å². The molecular formula is C30H44FN5O4. The molecule has 3 atom stereocenters. The van der Waals surface area contributed by atoms with Gasteiger partial charge in [0.25, 0.3) is 0 Å². The summed E-state index contributed by atoms with van der Waals surface area (Å²) in [7, 11) is 0. The molecule has 2 aromatic heterocycles. The predicted molar refractivity (Wildman–Crippen MR) is 152 cm³/mol. The number of hydrogen-bond acceptors (Lipinski definition) is 7. The maximum absolute atomic E-state index is 14.5. The van der Waals surface area contributed by atoms with E-state index in [0.29, 0.717) is 19.3 Å². The first-order valence-corrected chi connectivity index (χ1v) is 14.8. The van der Waals surface area contributed by atoms with Crippen LogP contribution in [-0.4, -0.2) is 43.6 Å². The molecule has 10 heteroatoms. The van der Waals surface area contributed by atoms with E-state index in [0.717, 1.165) is 44.9 Å². The maximum Gasteiger partial charge on any atom is 0.312 e. The summed E-state index contributed by atoms with van der Waals surface area (Å²) in [5.74, 6) is 2.02. The van der Waals surface area contributed by atoms with Gasteiger partial charge in [0.1, 0.15) is 12.8 Å². The van der Waals surface area contributed by atoms with Gasteiger partial charge in [-0.15, -0.1) is 6.42 Å². The summed E-state index contributed by atoms with van der Waals surface area (Å²) in [4.78, 5) is 36.9. The highest BCUT2D eigenvalue weighted by Crippen LogP contribution is 2.42. The summed E-state index contributed by atoms with van der Waals surface area (Å²) in [5.41, 5.74) is -0.668. The van der Waals surface area contributed by atoms with Gasteiger partial charge >= 0.3 is 12.0 Å². The zero-order valence-corrected chi connectivity index (χ0v) is 24.2. The van der Waals surface area contributed by atoms with Crippen LogP contribution in [-0.2, 0) is 19.1 Å². The topological polar surface area (TPSA) is 108 Å². The second-order valence-electron chi connectivity index (χ2n) is 10.8. The number of terminal acetylenes is 1. The minimum absolute atomic E-state index is 0.0282. The predicted octanol–water partition coefficient (Wildman–Crippen LogP) is 6.49. The van der Waals surface area contributed by atoms with Crippen LogP contribution in [0.4, 0.5) is 10.2 Å². The van der Waals surface area contributed by atoms with Crippen molar-refractivity contribution in [2.75, 3.05) is 11.9 Å². The smallest absolute Gasteiger partial charge is 0.312 e. The molecule has 0 radical (unpaired) electrons. The van der Waals surface area contributed by atoms with Crippen LogP contribution < -0.4 is 5.32 Å². The van der Waals surface area contributed by atoms with Crippen molar-refractivity contribution in [3.8, 4) is 12.3 Å². The van der Waals surface area contributed by atoms with Gasteiger partial charge in [0.2, 0.25) is 5.91 Å². The number of halogens is 1. The average Bonchev–Trinajstić information content (AvgIpc) is 3.50. The number of carbonyl (C=O) groups excluding carboxylic acids is 2. The Kier molecular flexibility index (Phi) is 12.3. The summed E-state index contributed by atoms with van der Waals surface area (Å²) in [5, 5.41) is 2.70. The molecule has 0 unspecified atom stereocenters. The van der Waals surface area contributed by atoms with Crippen LogP contribution in [0.5, 0.6) is 0 Å². The van der Waals surface area contributed by atoms with E-state index in [1.807, 2.05) is 6.92 Å². The first kappa shape index (κ1) is 31.5. The van der Waals surface area contributed by atoms with Gasteiger partial charge in [0.05, 0.1) is 6.33 Å². The minimum Gasteiger partial charge on any atom is -0.461 e. The number of aromatic nitrogens is 4. The number of fused-ring (bicyclic) bond motifs is 1. The molecule has 0 aliphatic carbocycles. The summed E-state index contributed by atoms with van der Waals surface area (Å²) in [6.45, 7) is 6.16. The molecule has 220 valence electrons. The maximum atomic E-state index is 14.5. The fraction of sp³-hybridized carbons (Fsp3) is 0.700. The van der Waals surface area contributed by atoms with E-state index in [4.69, 9.17) is 15.9 Å². The number of nitrogens with zero attached hydrogens (tertiary/aromatic N) is 4. The molecule has 0 bridgehead atoms. The zero-order valence-electron chi connectivity index (χ0n) is 24.2. The van der Waals surface area contributed by atoms with Crippen LogP contribution in [0.15, 0.2) is 6.33 Å². The number of rotatable bonds is 17. The van der Waals surface area contributed by atoms with Gasteiger partial charge in [-0.2, -0.15) is 14.4 Å². The summed E-state index contributed by atoms with van der Waals surface area (Å²) in [6.07, 6.45) is 18.5. The molecule has 0 saturated carbocycles. The van der Waals surface area contributed by atoms with Gasteiger partial charge in [-0.05, 0) is 19.3 Å². The first-order valence-electron chi connectivity index (χ1n) is 14.8. The third kappa shape index (κ3) is 8.47. The fourth-order valence-electron chi connectivity index (χ4n) is 5.05. The highest BCUT2D eigenvalue weighted by atomic mass is 19.1. The minimum atomic E-state index is -1.13. The van der Waals surface area contributed by atoms with Crippen LogP contribution >= 0.6 is 0 Å². The van der Waals surface area contributed by atoms with E-state index in [9.17, 15) is 14.0 Å². The molecule has 1 aliphatic heterocycles. The second kappa shape index (κ2) is 15.7. The Bertz CT molecular complexity index is 1160. The van der Waals surface area contributed by atoms with Crippen LogP contribution in [0.25, 0.3) is 11.2 Å². The number of ether oxygens (including phenoxy) is 2. The van der Waals surface area contributed by atoms with E-state index in [2.05, 4.69) is 40.0 Å². The first-order chi connectivity index (χ1) is 19.3. The zero-order chi connectivity index (χ0) is 29.0. The quantitative estimate of drug-likeness (QED) is 0.103. The van der Waals surface area contributed by atoms with E-state index < -0.39 is 17.9 Å². The Morgan fingerprint density at radius 3 is 2.45 bits per heavy atom. The van der Waals surface area contributed by atoms with Crippen molar-refractivity contribution < 1.29 is 23.5 Å². The van der Waals surface area contributed by atoms with E-state index >= 15 is 0 Å². The SMILES string of the molecule is C#C[C@]1(COC(=O)CCCCCC)O[C@@H](n2cnc3c(NC(=O)CCCCCCCCC)nc(F)nc32)C[C@@H]1C. The highest BCUT2D eigenvalue weighted by molar-refractivity contribution is 5.96. The Labute approximate surface area is 237 Å². The number of anilines is 1. The molecule has 3 heterocycles. The number of hydrogen-bond donors (Lipinski definition) is 1. The van der Waals surface area contributed by atoms with E-state index in [-0.39, 0.29) is 41.4 Å². The molecule has 1 saturated heterocycles. The number of amides is 1. The fourth-order valence-corrected chi connectivity index (χ4v) is 5.05. The van der Waals surface area contributed by atoms with Crippen LogP contribution in [0.2, 0.25) is 0 Å². The van der Waals surface area contributed by atoms with Crippen molar-refractivity contribution in [2.45, 2.75) is 122 Å². The van der Waals surface area contributed by atoms with Crippen molar-refractivity contribution in [3.05, 3.63) is 12.4 Å². The van der Waals surface area contributed by atoms with Crippen molar-refractivity contribution >= 4 is 28.9 Å². The number of carbonyl (C=O) groups is 2. The van der Waals surface area contributed by atoms with Crippen LogP contribution in [0.1, 0.15) is 117 Å². The Balaban J connectivity index is 1.62. The van der Waals surface area contributed by atoms with Crippen LogP contribution in [0.3, 0.4) is 0 Å². The average molecular weight is 558 g/mol. The van der Waals surface area contributed by atoms with Gasteiger partial charge in [0, 0.05) is 18.8 Å². The lowest BCUT2D eigenvalue weighted by Crippen LogP contribution is -2.39. The molecule has 1 amide bonds. The molecule has 1 aliphatic rings. The van der Waals surface area contributed by atoms with Crippen molar-refractivity contribution in [1.82, 2.24) is 19.5 Å². The molecule has 9 nitrogen and oxygen atoms in total. The van der Waals surface area contributed by atoms with E-state index in [1.54, 1.807) is 4.57 Å². The standard InChI is InChI=1S/C30H44FN5O4/c1-5-8-10-12-13-14-15-17-23(37)33-27-26-28(35-29(31)34-27)36(21-32-26)24-19-22(4)30(7-3,40-24)20-39-25(38)18-16-11-9-6-2/h3,21-22,24H,5-6,8-20H2,1-2,4H3,(H,33,34,35,37)/t22-,24+,30+/m0/s1. The van der Waals surface area contributed by atoms with Crippen LogP contribution in [0, 0.1) is 24.3 Å². The monoisotopic (exact) mass is 557 g/mol. The normalized spacial score (nSPS) is 20.5. The Morgan fingerprint density at radius 2 is 1.75 bits per heavy atom. The molecule has 2 aromatic rings. The summed E-state index contributed by atoms with van der Waals surface area (Å²) >= 11 is 0. The molecule has 3 rings (SSSR count). The van der Waals surface area contributed by atoms with Crippen molar-refractivity contribution in [3.63, 3.8) is 0 Å². The van der Waals surface area contributed by atoms with Crippen molar-refractivity contribution in [1.29, 1.82) is 0 Å². The lowest BCUT2D eigenvalue weighted by molar-refractivity contribution is -0.154. The highest BCUT2D eigenvalue weighted by Gasteiger charge is 2.47. The lowest BCUT2D eigenvalue weighted by atomic mass is 9.90. The van der Waals surface area contributed by atoms with Gasteiger partial charge in [0.15, 0.2) is 22.6 Å². The second-order valence-corrected chi connectivity index (χ2v) is 10.8. The molecular weight excluding hydrogens is 513 g/mol. The van der Waals surface area contributed by atoms with Gasteiger partial charge in [-0.25, -0.2) is 4.98 Å². The molecule has 0 spiro atoms. The largest absolute Gasteiger partial charge is 0.461 e. The molecule has 40 heavy (non-hydrogen) atoms. The summed E-state index contributed by atoms with van der Waals surface area (Å²) in [6, 6.07) is 0. The number of imidazole rings is 1. The van der Waals surface area contributed by atoms with Gasteiger partial charge in [-0.1, -0.05) is 84.5 Å². The van der Waals surface area contributed by atoms with Gasteiger partial charge in [-0.3, -0.25) is 14.2 Å². The van der Waals surface area contributed by atoms with Gasteiger partial charge < -0.3 is 14.8 Å². The Morgan fingerprint density at radius 1 is 1.10 bits per heavy atom. The number of nitrogens with one attached hydrogen (secondary N) is 1. The third-order valence-corrected chi connectivity index (χ3v) is 7.59. The Hall–Kier alpha value is -3.06. The lowest BCUT2D eigenvalue weighted by Gasteiger charge is -2.27.